The second kappa shape index (κ2) is 8.89. The molecule has 6 heteroatoms. The Balaban J connectivity index is 0.00000220. The van der Waals surface area contributed by atoms with E-state index in [-0.39, 0.29) is 30.6 Å². The summed E-state index contributed by atoms with van der Waals surface area (Å²) in [6.45, 7) is 5.85. The molecule has 0 aliphatic carbocycles. The highest BCUT2D eigenvalue weighted by Crippen LogP contribution is 2.25. The van der Waals surface area contributed by atoms with E-state index in [4.69, 9.17) is 9.52 Å². The predicted molar refractivity (Wildman–Crippen MR) is 96.3 cm³/mol. The summed E-state index contributed by atoms with van der Waals surface area (Å²) >= 11 is 0. The number of guanidine groups is 1. The Hall–Kier alpha value is -1.28. The third kappa shape index (κ3) is 4.60. The van der Waals surface area contributed by atoms with Gasteiger partial charge >= 0.3 is 0 Å². The van der Waals surface area contributed by atoms with Gasteiger partial charge in [-0.2, -0.15) is 0 Å². The molecular formula is C15H22IN3O2. The van der Waals surface area contributed by atoms with E-state index in [1.165, 1.54) is 0 Å². The van der Waals surface area contributed by atoms with Crippen LogP contribution in [0.4, 0.5) is 0 Å². The quantitative estimate of drug-likeness (QED) is 0.408. The maximum absolute atomic E-state index is 8.84. The SMILES string of the molecule is CCNC(=NCc1oc2ccccc2c1C)NCCO.I. The largest absolute Gasteiger partial charge is 0.459 e. The molecule has 21 heavy (non-hydrogen) atoms. The number of furan rings is 1. The average molecular weight is 403 g/mol. The lowest BCUT2D eigenvalue weighted by molar-refractivity contribution is 0.300. The number of hydrogen-bond acceptors (Lipinski definition) is 3. The summed E-state index contributed by atoms with van der Waals surface area (Å²) in [6, 6.07) is 7.98. The molecule has 0 aliphatic heterocycles. The molecule has 0 aliphatic rings. The summed E-state index contributed by atoms with van der Waals surface area (Å²) in [5, 5.41) is 16.1. The van der Waals surface area contributed by atoms with E-state index in [1.54, 1.807) is 0 Å². The molecule has 116 valence electrons. The molecule has 0 saturated carbocycles. The summed E-state index contributed by atoms with van der Waals surface area (Å²) in [6.07, 6.45) is 0. The normalized spacial score (nSPS) is 11.3. The fraction of sp³-hybridized carbons (Fsp3) is 0.400. The first-order valence-electron chi connectivity index (χ1n) is 6.86. The highest BCUT2D eigenvalue weighted by molar-refractivity contribution is 14.0. The predicted octanol–water partition coefficient (Wildman–Crippen LogP) is 2.41. The monoisotopic (exact) mass is 403 g/mol. The number of rotatable bonds is 5. The molecule has 0 saturated heterocycles. The molecule has 0 fully saturated rings. The molecule has 0 amide bonds. The number of fused-ring (bicyclic) bond motifs is 1. The number of halogens is 1. The van der Waals surface area contributed by atoms with Crippen LogP contribution in [0.5, 0.6) is 0 Å². The zero-order valence-electron chi connectivity index (χ0n) is 12.3. The summed E-state index contributed by atoms with van der Waals surface area (Å²) in [7, 11) is 0. The minimum atomic E-state index is 0. The molecule has 0 unspecified atom stereocenters. The van der Waals surface area contributed by atoms with Crippen LogP contribution in [0.15, 0.2) is 33.7 Å². The van der Waals surface area contributed by atoms with E-state index in [1.807, 2.05) is 32.0 Å². The van der Waals surface area contributed by atoms with E-state index >= 15 is 0 Å². The Morgan fingerprint density at radius 2 is 2.05 bits per heavy atom. The third-order valence-corrected chi connectivity index (χ3v) is 3.07. The molecule has 0 atom stereocenters. The third-order valence-electron chi connectivity index (χ3n) is 3.07. The Morgan fingerprint density at radius 1 is 1.29 bits per heavy atom. The van der Waals surface area contributed by atoms with Crippen molar-refractivity contribution in [3.8, 4) is 0 Å². The van der Waals surface area contributed by atoms with Crippen molar-refractivity contribution >= 4 is 40.9 Å². The van der Waals surface area contributed by atoms with Crippen molar-refractivity contribution in [3.05, 3.63) is 35.6 Å². The highest BCUT2D eigenvalue weighted by Gasteiger charge is 2.09. The van der Waals surface area contributed by atoms with Gasteiger partial charge in [-0.15, -0.1) is 24.0 Å². The fourth-order valence-electron chi connectivity index (χ4n) is 2.04. The number of aliphatic hydroxyl groups is 1. The lowest BCUT2D eigenvalue weighted by atomic mass is 10.1. The molecule has 0 bridgehead atoms. The van der Waals surface area contributed by atoms with Crippen LogP contribution in [-0.4, -0.2) is 30.8 Å². The van der Waals surface area contributed by atoms with Crippen molar-refractivity contribution < 1.29 is 9.52 Å². The van der Waals surface area contributed by atoms with Crippen molar-refractivity contribution in [1.82, 2.24) is 10.6 Å². The van der Waals surface area contributed by atoms with Gasteiger partial charge in [-0.1, -0.05) is 18.2 Å². The number of hydrogen-bond donors (Lipinski definition) is 3. The van der Waals surface area contributed by atoms with Gasteiger partial charge in [-0.3, -0.25) is 0 Å². The lowest BCUT2D eigenvalue weighted by Crippen LogP contribution is -2.38. The molecule has 3 N–H and O–H groups in total. The molecule has 2 aromatic rings. The zero-order valence-corrected chi connectivity index (χ0v) is 14.7. The van der Waals surface area contributed by atoms with Crippen LogP contribution in [-0.2, 0) is 6.54 Å². The van der Waals surface area contributed by atoms with Gasteiger partial charge in [0.15, 0.2) is 5.96 Å². The molecule has 1 aromatic heterocycles. The summed E-state index contributed by atoms with van der Waals surface area (Å²) < 4.78 is 5.82. The Labute approximate surface area is 141 Å². The topological polar surface area (TPSA) is 69.8 Å². The van der Waals surface area contributed by atoms with Gasteiger partial charge in [0.2, 0.25) is 0 Å². The number of aliphatic hydroxyl groups excluding tert-OH is 1. The molecule has 0 spiro atoms. The van der Waals surface area contributed by atoms with Crippen molar-refractivity contribution in [2.75, 3.05) is 19.7 Å². The number of aliphatic imine (C=N–C) groups is 1. The zero-order chi connectivity index (χ0) is 14.4. The maximum Gasteiger partial charge on any atom is 0.191 e. The number of aryl methyl sites for hydroxylation is 1. The number of nitrogens with one attached hydrogen (secondary N) is 2. The first-order valence-corrected chi connectivity index (χ1v) is 6.86. The van der Waals surface area contributed by atoms with Gasteiger partial charge in [0.25, 0.3) is 0 Å². The first kappa shape index (κ1) is 17.8. The maximum atomic E-state index is 8.84. The van der Waals surface area contributed by atoms with E-state index in [0.717, 1.165) is 28.8 Å². The van der Waals surface area contributed by atoms with Gasteiger partial charge in [0.1, 0.15) is 17.9 Å². The second-order valence-corrected chi connectivity index (χ2v) is 4.49. The van der Waals surface area contributed by atoms with Crippen LogP contribution in [0, 0.1) is 6.92 Å². The second-order valence-electron chi connectivity index (χ2n) is 4.49. The van der Waals surface area contributed by atoms with Crippen LogP contribution in [0.1, 0.15) is 18.2 Å². The van der Waals surface area contributed by atoms with Crippen molar-refractivity contribution in [2.24, 2.45) is 4.99 Å². The minimum Gasteiger partial charge on any atom is -0.459 e. The van der Waals surface area contributed by atoms with E-state index in [9.17, 15) is 0 Å². The molecule has 5 nitrogen and oxygen atoms in total. The first-order chi connectivity index (χ1) is 9.76. The molecule has 0 radical (unpaired) electrons. The highest BCUT2D eigenvalue weighted by atomic mass is 127. The van der Waals surface area contributed by atoms with Crippen LogP contribution >= 0.6 is 24.0 Å². The van der Waals surface area contributed by atoms with Crippen molar-refractivity contribution in [2.45, 2.75) is 20.4 Å². The number of para-hydroxylation sites is 1. The van der Waals surface area contributed by atoms with E-state index in [0.29, 0.717) is 19.0 Å². The van der Waals surface area contributed by atoms with E-state index in [2.05, 4.69) is 21.7 Å². The minimum absolute atomic E-state index is 0. The number of benzene rings is 1. The van der Waals surface area contributed by atoms with Crippen LogP contribution in [0.25, 0.3) is 11.0 Å². The summed E-state index contributed by atoms with van der Waals surface area (Å²) in [5.41, 5.74) is 2.02. The molecule has 1 aromatic carbocycles. The standard InChI is InChI=1S/C15H21N3O2.HI/c1-3-16-15(17-8-9-19)18-10-14-11(2)12-6-4-5-7-13(12)20-14;/h4-7,19H,3,8-10H2,1-2H3,(H2,16,17,18);1H. The van der Waals surface area contributed by atoms with E-state index < -0.39 is 0 Å². The van der Waals surface area contributed by atoms with Crippen LogP contribution in [0.3, 0.4) is 0 Å². The molecule has 1 heterocycles. The number of nitrogens with zero attached hydrogens (tertiary/aromatic N) is 1. The fourth-order valence-corrected chi connectivity index (χ4v) is 2.04. The average Bonchev–Trinajstić information content (AvgIpc) is 2.79. The molecular weight excluding hydrogens is 381 g/mol. The van der Waals surface area contributed by atoms with Crippen molar-refractivity contribution in [1.29, 1.82) is 0 Å². The lowest BCUT2D eigenvalue weighted by Gasteiger charge is -2.09. The van der Waals surface area contributed by atoms with Crippen molar-refractivity contribution in [3.63, 3.8) is 0 Å². The van der Waals surface area contributed by atoms with Gasteiger partial charge in [0, 0.05) is 24.0 Å². The van der Waals surface area contributed by atoms with Crippen LogP contribution in [0.2, 0.25) is 0 Å². The summed E-state index contributed by atoms with van der Waals surface area (Å²) in [4.78, 5) is 4.47. The Morgan fingerprint density at radius 3 is 2.71 bits per heavy atom. The van der Waals surface area contributed by atoms with Crippen LogP contribution < -0.4 is 10.6 Å². The van der Waals surface area contributed by atoms with Gasteiger partial charge in [0.05, 0.1) is 6.61 Å². The molecule has 2 rings (SSSR count). The Kier molecular flexibility index (Phi) is 7.52. The smallest absolute Gasteiger partial charge is 0.191 e. The van der Waals surface area contributed by atoms with Gasteiger partial charge in [-0.05, 0) is 19.9 Å². The Bertz CT molecular complexity index is 596. The van der Waals surface area contributed by atoms with Gasteiger partial charge < -0.3 is 20.2 Å². The summed E-state index contributed by atoms with van der Waals surface area (Å²) in [5.74, 6) is 1.55. The van der Waals surface area contributed by atoms with Gasteiger partial charge in [-0.25, -0.2) is 4.99 Å².